The van der Waals surface area contributed by atoms with E-state index in [-0.39, 0.29) is 28.6 Å². The summed E-state index contributed by atoms with van der Waals surface area (Å²) in [4.78, 5) is 25.2. The summed E-state index contributed by atoms with van der Waals surface area (Å²) in [7, 11) is 1.54. The molecule has 0 unspecified atom stereocenters. The molecule has 3 rings (SSSR count). The van der Waals surface area contributed by atoms with Gasteiger partial charge in [0.25, 0.3) is 5.91 Å². The molecule has 6 nitrogen and oxygen atoms in total. The molecule has 7 heteroatoms. The Morgan fingerprint density at radius 1 is 0.941 bits per heavy atom. The van der Waals surface area contributed by atoms with Gasteiger partial charge in [-0.15, -0.1) is 0 Å². The van der Waals surface area contributed by atoms with Gasteiger partial charge >= 0.3 is 0 Å². The summed E-state index contributed by atoms with van der Waals surface area (Å²) in [6, 6.07) is 19.6. The van der Waals surface area contributed by atoms with Gasteiger partial charge in [0.15, 0.2) is 10.9 Å². The van der Waals surface area contributed by atoms with Crippen molar-refractivity contribution in [3.8, 4) is 5.75 Å². The molecule has 4 N–H and O–H groups in total. The summed E-state index contributed by atoms with van der Waals surface area (Å²) >= 11 is 5.31. The van der Waals surface area contributed by atoms with E-state index in [0.717, 1.165) is 11.1 Å². The molecular formula is C27H29N3O3S. The molecule has 0 fully saturated rings. The van der Waals surface area contributed by atoms with Crippen LogP contribution in [0.5, 0.6) is 5.75 Å². The van der Waals surface area contributed by atoms with Crippen molar-refractivity contribution in [2.24, 2.45) is 0 Å². The fraction of sp³-hybridized carbons (Fsp3) is 0.222. The Balaban J connectivity index is 1.63. The fourth-order valence-corrected chi connectivity index (χ4v) is 3.58. The van der Waals surface area contributed by atoms with Crippen LogP contribution in [0, 0.1) is 0 Å². The topological polar surface area (TPSA) is 93.5 Å². The Labute approximate surface area is 205 Å². The summed E-state index contributed by atoms with van der Waals surface area (Å²) < 4.78 is 5.47. The number of hydrogen-bond acceptors (Lipinski definition) is 5. The minimum Gasteiger partial charge on any atom is -0.496 e. The second kappa shape index (κ2) is 10.5. The molecule has 0 saturated heterocycles. The van der Waals surface area contributed by atoms with Crippen LogP contribution in [0.4, 0.5) is 11.4 Å². The molecule has 0 atom stereocenters. The largest absolute Gasteiger partial charge is 0.496 e. The quantitative estimate of drug-likeness (QED) is 0.260. The van der Waals surface area contributed by atoms with Crippen LogP contribution in [0.15, 0.2) is 66.7 Å². The lowest BCUT2D eigenvalue weighted by Gasteiger charge is -2.19. The van der Waals surface area contributed by atoms with Crippen molar-refractivity contribution in [1.29, 1.82) is 0 Å². The van der Waals surface area contributed by atoms with Crippen LogP contribution < -0.4 is 21.1 Å². The van der Waals surface area contributed by atoms with Gasteiger partial charge in [0.1, 0.15) is 5.75 Å². The highest BCUT2D eigenvalue weighted by Crippen LogP contribution is 2.25. The Hall–Kier alpha value is -3.71. The highest BCUT2D eigenvalue weighted by molar-refractivity contribution is 7.80. The Kier molecular flexibility index (Phi) is 7.68. The number of rotatable bonds is 6. The zero-order valence-electron chi connectivity index (χ0n) is 19.8. The van der Waals surface area contributed by atoms with Crippen LogP contribution >= 0.6 is 12.2 Å². The predicted molar refractivity (Wildman–Crippen MR) is 141 cm³/mol. The second-order valence-electron chi connectivity index (χ2n) is 8.98. The lowest BCUT2D eigenvalue weighted by Crippen LogP contribution is -2.34. The molecule has 3 aromatic carbocycles. The maximum absolute atomic E-state index is 12.6. The van der Waals surface area contributed by atoms with E-state index in [1.165, 1.54) is 7.11 Å². The number of nitrogens with two attached hydrogens (primary N) is 1. The monoisotopic (exact) mass is 475 g/mol. The average Bonchev–Trinajstić information content (AvgIpc) is 2.79. The molecule has 0 radical (unpaired) electrons. The molecule has 0 saturated carbocycles. The van der Waals surface area contributed by atoms with Gasteiger partial charge in [-0.05, 0) is 65.7 Å². The van der Waals surface area contributed by atoms with Crippen LogP contribution in [0.1, 0.15) is 52.6 Å². The first-order chi connectivity index (χ1) is 16.1. The summed E-state index contributed by atoms with van der Waals surface area (Å²) in [6.45, 7) is 6.36. The van der Waals surface area contributed by atoms with Gasteiger partial charge < -0.3 is 15.8 Å². The molecule has 0 aliphatic heterocycles. The number of Topliss-reactive ketones (excluding diaryl/α,β-unsaturated/α-hetero) is 1. The fourth-order valence-electron chi connectivity index (χ4n) is 3.37. The molecule has 0 aliphatic carbocycles. The number of nitrogens with one attached hydrogen (secondary N) is 2. The maximum Gasteiger partial charge on any atom is 0.257 e. The zero-order valence-corrected chi connectivity index (χ0v) is 20.6. The van der Waals surface area contributed by atoms with Crippen LogP contribution in [0.25, 0.3) is 0 Å². The van der Waals surface area contributed by atoms with Crippen molar-refractivity contribution >= 4 is 40.4 Å². The highest BCUT2D eigenvalue weighted by atomic mass is 32.1. The van der Waals surface area contributed by atoms with Gasteiger partial charge in [-0.2, -0.15) is 0 Å². The number of ketones is 1. The Bertz CT molecular complexity index is 1200. The minimum atomic E-state index is -0.296. The number of anilines is 2. The first kappa shape index (κ1) is 24.9. The molecule has 34 heavy (non-hydrogen) atoms. The van der Waals surface area contributed by atoms with E-state index in [9.17, 15) is 9.59 Å². The number of hydrogen-bond donors (Lipinski definition) is 3. The van der Waals surface area contributed by atoms with E-state index < -0.39 is 0 Å². The third-order valence-corrected chi connectivity index (χ3v) is 5.57. The van der Waals surface area contributed by atoms with Crippen molar-refractivity contribution < 1.29 is 14.3 Å². The summed E-state index contributed by atoms with van der Waals surface area (Å²) in [5, 5.41) is 5.85. The average molecular weight is 476 g/mol. The molecule has 0 spiro atoms. The van der Waals surface area contributed by atoms with E-state index in [0.29, 0.717) is 28.3 Å². The van der Waals surface area contributed by atoms with E-state index >= 15 is 0 Å². The second-order valence-corrected chi connectivity index (χ2v) is 9.39. The van der Waals surface area contributed by atoms with Gasteiger partial charge in [0.2, 0.25) is 0 Å². The lowest BCUT2D eigenvalue weighted by atomic mass is 9.87. The predicted octanol–water partition coefficient (Wildman–Crippen LogP) is 5.13. The molecular weight excluding hydrogens is 446 g/mol. The zero-order chi connectivity index (χ0) is 24.9. The first-order valence-corrected chi connectivity index (χ1v) is 11.3. The number of amides is 1. The summed E-state index contributed by atoms with van der Waals surface area (Å²) in [6.07, 6.45) is 0.180. The van der Waals surface area contributed by atoms with Crippen LogP contribution in [-0.2, 0) is 11.8 Å². The lowest BCUT2D eigenvalue weighted by molar-refractivity contribution is 0.0974. The van der Waals surface area contributed by atoms with Crippen molar-refractivity contribution in [3.63, 3.8) is 0 Å². The van der Waals surface area contributed by atoms with Gasteiger partial charge in [-0.1, -0.05) is 39.0 Å². The molecule has 0 aliphatic rings. The molecule has 1 amide bonds. The van der Waals surface area contributed by atoms with E-state index in [1.807, 2.05) is 12.1 Å². The number of thiocarbonyl (C=S) groups is 1. The van der Waals surface area contributed by atoms with E-state index in [2.05, 4.69) is 31.4 Å². The SMILES string of the molecule is COc1cc(NC(=S)NC(=O)c2ccc(C(C)(C)C)cc2)ccc1CC(=O)c1ccc(N)cc1. The van der Waals surface area contributed by atoms with Crippen LogP contribution in [-0.4, -0.2) is 23.9 Å². The van der Waals surface area contributed by atoms with Crippen molar-refractivity contribution in [2.45, 2.75) is 32.6 Å². The Morgan fingerprint density at radius 3 is 2.15 bits per heavy atom. The van der Waals surface area contributed by atoms with Crippen molar-refractivity contribution in [1.82, 2.24) is 5.32 Å². The van der Waals surface area contributed by atoms with Crippen molar-refractivity contribution in [2.75, 3.05) is 18.2 Å². The molecule has 3 aromatic rings. The first-order valence-electron chi connectivity index (χ1n) is 10.9. The number of nitrogen functional groups attached to an aromatic ring is 1. The van der Waals surface area contributed by atoms with Gasteiger partial charge in [-0.3, -0.25) is 14.9 Å². The number of carbonyl (C=O) groups is 2. The van der Waals surface area contributed by atoms with Crippen molar-refractivity contribution in [3.05, 3.63) is 89.0 Å². The molecule has 0 heterocycles. The van der Waals surface area contributed by atoms with E-state index in [1.54, 1.807) is 54.6 Å². The van der Waals surface area contributed by atoms with E-state index in [4.69, 9.17) is 22.7 Å². The third kappa shape index (κ3) is 6.42. The van der Waals surface area contributed by atoms with Gasteiger partial charge in [-0.25, -0.2) is 0 Å². The number of ether oxygens (including phenoxy) is 1. The standard InChI is InChI=1S/C27H29N3O3S/c1-27(2,3)20-10-5-18(6-11-20)25(32)30-26(34)29-22-14-9-19(24(16-22)33-4)15-23(31)17-7-12-21(28)13-8-17/h5-14,16H,15,28H2,1-4H3,(H2,29,30,32,34). The summed E-state index contributed by atoms with van der Waals surface area (Å²) in [5.74, 6) is 0.204. The smallest absolute Gasteiger partial charge is 0.257 e. The van der Waals surface area contributed by atoms with Crippen LogP contribution in [0.3, 0.4) is 0 Å². The number of benzene rings is 3. The number of carbonyl (C=O) groups excluding carboxylic acids is 2. The van der Waals surface area contributed by atoms with Gasteiger partial charge in [0, 0.05) is 40.6 Å². The Morgan fingerprint density at radius 2 is 1.56 bits per heavy atom. The van der Waals surface area contributed by atoms with Gasteiger partial charge in [0.05, 0.1) is 7.11 Å². The molecule has 0 bridgehead atoms. The summed E-state index contributed by atoms with van der Waals surface area (Å²) in [5.41, 5.74) is 9.93. The molecule has 0 aromatic heterocycles. The number of methoxy groups -OCH3 is 1. The minimum absolute atomic E-state index is 0.0107. The highest BCUT2D eigenvalue weighted by Gasteiger charge is 2.16. The molecule has 176 valence electrons. The maximum atomic E-state index is 12.6. The van der Waals surface area contributed by atoms with Crippen LogP contribution in [0.2, 0.25) is 0 Å². The normalized spacial score (nSPS) is 10.9. The third-order valence-electron chi connectivity index (χ3n) is 5.37.